The maximum Gasteiger partial charge on any atom is 0.0942 e. The number of aliphatic hydroxyl groups is 1. The molecular formula is C18H30N2O. The molecule has 1 heterocycles. The number of hydrogen-bond acceptors (Lipinski definition) is 3. The lowest BCUT2D eigenvalue weighted by Gasteiger charge is -2.40. The van der Waals surface area contributed by atoms with Crippen LogP contribution in [0.5, 0.6) is 0 Å². The van der Waals surface area contributed by atoms with Gasteiger partial charge >= 0.3 is 0 Å². The molecule has 1 N–H and O–H groups in total. The molecule has 118 valence electrons. The van der Waals surface area contributed by atoms with Crippen molar-refractivity contribution in [2.24, 2.45) is 5.92 Å². The smallest absolute Gasteiger partial charge is 0.0942 e. The van der Waals surface area contributed by atoms with Gasteiger partial charge in [-0.25, -0.2) is 0 Å². The highest BCUT2D eigenvalue weighted by Gasteiger charge is 2.26. The molecule has 0 spiro atoms. The number of rotatable bonds is 5. The van der Waals surface area contributed by atoms with E-state index in [0.29, 0.717) is 0 Å². The van der Waals surface area contributed by atoms with Crippen molar-refractivity contribution in [1.29, 1.82) is 0 Å². The van der Waals surface area contributed by atoms with Gasteiger partial charge in [0.1, 0.15) is 0 Å². The van der Waals surface area contributed by atoms with Gasteiger partial charge in [-0.05, 0) is 25.3 Å². The number of aliphatic hydroxyl groups excluding tert-OH is 1. The number of nitrogens with zero attached hydrogens (tertiary/aromatic N) is 2. The lowest BCUT2D eigenvalue weighted by Crippen LogP contribution is -2.51. The van der Waals surface area contributed by atoms with Gasteiger partial charge in [-0.1, -0.05) is 43.7 Å². The molecule has 3 nitrogen and oxygen atoms in total. The summed E-state index contributed by atoms with van der Waals surface area (Å²) in [7, 11) is 0. The van der Waals surface area contributed by atoms with Crippen molar-refractivity contribution >= 4 is 0 Å². The average molecular weight is 290 g/mol. The van der Waals surface area contributed by atoms with Crippen LogP contribution in [0.2, 0.25) is 0 Å². The van der Waals surface area contributed by atoms with E-state index >= 15 is 0 Å². The van der Waals surface area contributed by atoms with E-state index in [2.05, 4.69) is 49.6 Å². The van der Waals surface area contributed by atoms with E-state index in [1.807, 2.05) is 12.1 Å². The summed E-state index contributed by atoms with van der Waals surface area (Å²) in [5.74, 6) is 0.729. The fourth-order valence-corrected chi connectivity index (χ4v) is 3.11. The normalized spacial score (nSPS) is 20.7. The van der Waals surface area contributed by atoms with Crippen LogP contribution in [-0.4, -0.2) is 53.7 Å². The molecule has 2 atom stereocenters. The Kier molecular flexibility index (Phi) is 5.80. The Morgan fingerprint density at radius 2 is 1.57 bits per heavy atom. The average Bonchev–Trinajstić information content (AvgIpc) is 2.47. The molecule has 1 aliphatic rings. The summed E-state index contributed by atoms with van der Waals surface area (Å²) in [6.45, 7) is 14.3. The Morgan fingerprint density at radius 3 is 2.10 bits per heavy atom. The molecule has 1 aromatic carbocycles. The van der Waals surface area contributed by atoms with Crippen molar-refractivity contribution < 1.29 is 5.11 Å². The summed E-state index contributed by atoms with van der Waals surface area (Å²) in [5, 5.41) is 10.6. The predicted octanol–water partition coefficient (Wildman–Crippen LogP) is 2.69. The zero-order chi connectivity index (χ0) is 15.4. The van der Waals surface area contributed by atoms with Crippen LogP contribution in [0.3, 0.4) is 0 Å². The molecule has 0 bridgehead atoms. The lowest BCUT2D eigenvalue weighted by molar-refractivity contribution is 0.0239. The van der Waals surface area contributed by atoms with E-state index in [0.717, 1.165) is 37.7 Å². The third-order valence-electron chi connectivity index (χ3n) is 4.48. The topological polar surface area (TPSA) is 26.7 Å². The second kappa shape index (κ2) is 7.39. The molecule has 2 rings (SSSR count). The van der Waals surface area contributed by atoms with E-state index in [-0.39, 0.29) is 6.04 Å². The summed E-state index contributed by atoms with van der Waals surface area (Å²) < 4.78 is 0. The fourth-order valence-electron chi connectivity index (χ4n) is 3.11. The van der Waals surface area contributed by atoms with Crippen molar-refractivity contribution in [3.8, 4) is 0 Å². The molecule has 1 aromatic rings. The maximum atomic E-state index is 10.6. The van der Waals surface area contributed by atoms with Gasteiger partial charge in [-0.3, -0.25) is 4.90 Å². The minimum atomic E-state index is -0.401. The van der Waals surface area contributed by atoms with Crippen LogP contribution in [-0.2, 0) is 0 Å². The highest BCUT2D eigenvalue weighted by atomic mass is 16.3. The van der Waals surface area contributed by atoms with Crippen molar-refractivity contribution in [2.45, 2.75) is 39.8 Å². The largest absolute Gasteiger partial charge is 0.387 e. The van der Waals surface area contributed by atoms with E-state index in [4.69, 9.17) is 0 Å². The van der Waals surface area contributed by atoms with Crippen LogP contribution in [0.4, 0.5) is 0 Å². The first-order valence-corrected chi connectivity index (χ1v) is 8.18. The second-order valence-electron chi connectivity index (χ2n) is 6.83. The fraction of sp³-hybridized carbons (Fsp3) is 0.667. The summed E-state index contributed by atoms with van der Waals surface area (Å²) in [4.78, 5) is 4.95. The van der Waals surface area contributed by atoms with Crippen molar-refractivity contribution in [1.82, 2.24) is 9.80 Å². The van der Waals surface area contributed by atoms with Gasteiger partial charge in [0.15, 0.2) is 0 Å². The lowest BCUT2D eigenvalue weighted by atomic mass is 10.0. The highest BCUT2D eigenvalue weighted by molar-refractivity contribution is 5.24. The van der Waals surface area contributed by atoms with Crippen LogP contribution in [0.25, 0.3) is 0 Å². The predicted molar refractivity (Wildman–Crippen MR) is 88.5 cm³/mol. The maximum absolute atomic E-state index is 10.6. The van der Waals surface area contributed by atoms with Crippen LogP contribution in [0, 0.1) is 12.8 Å². The second-order valence-corrected chi connectivity index (χ2v) is 6.83. The SMILES string of the molecule is Cc1ccc(C(O)C(C)N2CCN(CC(C)C)CC2)cc1. The van der Waals surface area contributed by atoms with Crippen LogP contribution < -0.4 is 0 Å². The van der Waals surface area contributed by atoms with E-state index in [1.165, 1.54) is 12.1 Å². The Bertz CT molecular complexity index is 421. The van der Waals surface area contributed by atoms with E-state index < -0.39 is 6.10 Å². The molecule has 1 fully saturated rings. The van der Waals surface area contributed by atoms with Gasteiger partial charge in [-0.15, -0.1) is 0 Å². The van der Waals surface area contributed by atoms with Gasteiger partial charge in [-0.2, -0.15) is 0 Å². The quantitative estimate of drug-likeness (QED) is 0.903. The van der Waals surface area contributed by atoms with Gasteiger partial charge in [0.2, 0.25) is 0 Å². The third-order valence-corrected chi connectivity index (χ3v) is 4.48. The monoisotopic (exact) mass is 290 g/mol. The number of hydrogen-bond donors (Lipinski definition) is 1. The zero-order valence-electron chi connectivity index (χ0n) is 13.9. The number of aryl methyl sites for hydroxylation is 1. The highest BCUT2D eigenvalue weighted by Crippen LogP contribution is 2.22. The summed E-state index contributed by atoms with van der Waals surface area (Å²) in [6.07, 6.45) is -0.401. The van der Waals surface area contributed by atoms with Crippen LogP contribution in [0.15, 0.2) is 24.3 Å². The molecule has 3 heteroatoms. The van der Waals surface area contributed by atoms with Crippen molar-refractivity contribution in [3.63, 3.8) is 0 Å². The molecule has 0 saturated carbocycles. The molecular weight excluding hydrogens is 260 g/mol. The standard InChI is InChI=1S/C18H30N2O/c1-14(2)13-19-9-11-20(12-10-19)16(4)18(21)17-7-5-15(3)6-8-17/h5-8,14,16,18,21H,9-13H2,1-4H3. The van der Waals surface area contributed by atoms with Crippen LogP contribution in [0.1, 0.15) is 38.0 Å². The molecule has 0 aromatic heterocycles. The Balaban J connectivity index is 1.89. The first kappa shape index (κ1) is 16.5. The summed E-state index contributed by atoms with van der Waals surface area (Å²) in [5.41, 5.74) is 2.26. The minimum absolute atomic E-state index is 0.175. The molecule has 0 aliphatic carbocycles. The molecule has 21 heavy (non-hydrogen) atoms. The summed E-state index contributed by atoms with van der Waals surface area (Å²) >= 11 is 0. The van der Waals surface area contributed by atoms with Gasteiger partial charge < -0.3 is 10.0 Å². The molecule has 1 aliphatic heterocycles. The van der Waals surface area contributed by atoms with Gasteiger partial charge in [0.05, 0.1) is 6.10 Å². The number of piperazine rings is 1. The Labute approximate surface area is 129 Å². The Morgan fingerprint density at radius 1 is 1.00 bits per heavy atom. The van der Waals surface area contributed by atoms with Gasteiger partial charge in [0.25, 0.3) is 0 Å². The first-order chi connectivity index (χ1) is 9.97. The molecule has 0 amide bonds. The zero-order valence-corrected chi connectivity index (χ0v) is 13.9. The third kappa shape index (κ3) is 4.53. The van der Waals surface area contributed by atoms with Crippen molar-refractivity contribution in [2.75, 3.05) is 32.7 Å². The van der Waals surface area contributed by atoms with Gasteiger partial charge in [0, 0.05) is 38.8 Å². The number of benzene rings is 1. The molecule has 2 unspecified atom stereocenters. The van der Waals surface area contributed by atoms with Crippen LogP contribution >= 0.6 is 0 Å². The molecule has 1 saturated heterocycles. The Hall–Kier alpha value is -0.900. The minimum Gasteiger partial charge on any atom is -0.387 e. The van der Waals surface area contributed by atoms with Crippen molar-refractivity contribution in [3.05, 3.63) is 35.4 Å². The van der Waals surface area contributed by atoms with E-state index in [9.17, 15) is 5.11 Å². The molecule has 0 radical (unpaired) electrons. The van der Waals surface area contributed by atoms with E-state index in [1.54, 1.807) is 0 Å². The first-order valence-electron chi connectivity index (χ1n) is 8.18. The summed E-state index contributed by atoms with van der Waals surface area (Å²) in [6, 6.07) is 8.42.